The summed E-state index contributed by atoms with van der Waals surface area (Å²) in [6.45, 7) is -0.253. The van der Waals surface area contributed by atoms with Crippen LogP contribution in [-0.2, 0) is 4.74 Å². The molecule has 10 nitrogen and oxygen atoms in total. The van der Waals surface area contributed by atoms with Crippen LogP contribution in [0.5, 0.6) is 11.5 Å². The quantitative estimate of drug-likeness (QED) is 0.375. The molecule has 3 heterocycles. The number of aliphatic hydroxyl groups is 2. The largest absolute Gasteiger partial charge is 0.486 e. The molecule has 2 aliphatic heterocycles. The Labute approximate surface area is 186 Å². The van der Waals surface area contributed by atoms with Crippen LogP contribution >= 0.6 is 22.6 Å². The molecular formula is C18H16F2IN3O7. The third-order valence-corrected chi connectivity index (χ3v) is 5.95. The number of fused-ring (bicyclic) bond motifs is 1. The van der Waals surface area contributed by atoms with Gasteiger partial charge in [0.05, 0.1) is 12.2 Å². The fourth-order valence-corrected chi connectivity index (χ4v) is 4.07. The molecule has 31 heavy (non-hydrogen) atoms. The van der Waals surface area contributed by atoms with Gasteiger partial charge < -0.3 is 29.7 Å². The summed E-state index contributed by atoms with van der Waals surface area (Å²) in [6, 6.07) is 3.78. The van der Waals surface area contributed by atoms with E-state index in [9.17, 15) is 28.6 Å². The molecule has 166 valence electrons. The third kappa shape index (κ3) is 3.86. The first-order valence-electron chi connectivity index (χ1n) is 9.05. The second-order valence-corrected chi connectivity index (χ2v) is 8.39. The number of nitrogens with one attached hydrogen (secondary N) is 1. The maximum absolute atomic E-state index is 14.9. The minimum atomic E-state index is -2.41. The van der Waals surface area contributed by atoms with E-state index in [1.165, 1.54) is 40.8 Å². The average molecular weight is 551 g/mol. The monoisotopic (exact) mass is 551 g/mol. The number of halogens is 3. The van der Waals surface area contributed by atoms with Crippen LogP contribution in [-0.4, -0.2) is 61.4 Å². The van der Waals surface area contributed by atoms with Crippen LogP contribution in [0.4, 0.5) is 14.6 Å². The highest BCUT2D eigenvalue weighted by Crippen LogP contribution is 2.45. The van der Waals surface area contributed by atoms with E-state index in [0.29, 0.717) is 0 Å². The number of hydrogen-bond donors (Lipinski definition) is 3. The molecule has 1 aromatic heterocycles. The highest BCUT2D eigenvalue weighted by atomic mass is 127. The molecule has 4 atom stereocenters. The lowest BCUT2D eigenvalue weighted by Crippen LogP contribution is -2.40. The smallest absolute Gasteiger partial charge is 0.351 e. The first-order valence-corrected chi connectivity index (χ1v) is 10.1. The molecule has 2 aromatic rings. The van der Waals surface area contributed by atoms with Gasteiger partial charge in [-0.3, -0.25) is 9.36 Å². The van der Waals surface area contributed by atoms with Gasteiger partial charge in [-0.1, -0.05) is 0 Å². The van der Waals surface area contributed by atoms with Crippen LogP contribution in [0.3, 0.4) is 0 Å². The van der Waals surface area contributed by atoms with E-state index in [1.54, 1.807) is 0 Å². The molecule has 1 saturated heterocycles. The molecule has 1 fully saturated rings. The zero-order valence-corrected chi connectivity index (χ0v) is 17.8. The molecule has 2 aliphatic rings. The molecule has 2 unspecified atom stereocenters. The minimum Gasteiger partial charge on any atom is -0.486 e. The lowest BCUT2D eigenvalue weighted by Gasteiger charge is -2.23. The molecule has 0 radical (unpaired) electrons. The number of aromatic nitrogens is 2. The van der Waals surface area contributed by atoms with Crippen molar-refractivity contribution in [2.45, 2.75) is 22.1 Å². The molecule has 13 heteroatoms. The molecule has 3 N–H and O–H groups in total. The topological polar surface area (TPSA) is 132 Å². The van der Waals surface area contributed by atoms with Crippen molar-refractivity contribution in [2.75, 3.05) is 25.1 Å². The summed E-state index contributed by atoms with van der Waals surface area (Å²) in [5, 5.41) is 21.4. The number of rotatable bonds is 4. The first kappa shape index (κ1) is 21.9. The van der Waals surface area contributed by atoms with Crippen molar-refractivity contribution in [2.24, 2.45) is 0 Å². The Balaban J connectivity index is 1.56. The van der Waals surface area contributed by atoms with Crippen molar-refractivity contribution in [3.8, 4) is 11.5 Å². The number of carbonyl (C=O) groups is 1. The molecule has 0 bridgehead atoms. The van der Waals surface area contributed by atoms with Crippen LogP contribution in [0.2, 0.25) is 0 Å². The number of aliphatic hydroxyl groups excluding tert-OH is 2. The lowest BCUT2D eigenvalue weighted by molar-refractivity contribution is -0.0499. The number of nitrogens with zero attached hydrogens (tertiary/aromatic N) is 2. The van der Waals surface area contributed by atoms with Crippen molar-refractivity contribution >= 4 is 34.3 Å². The zero-order valence-electron chi connectivity index (χ0n) is 15.6. The molecule has 0 saturated carbocycles. The SMILES string of the molecule is O=C(Nc1ccn(C2O[C@H](CO)[C@@H](O)C2(F)I)c(=O)n1)c1ccc2c(c1F)OCCO2. The molecule has 0 aliphatic carbocycles. The number of anilines is 1. The van der Waals surface area contributed by atoms with Gasteiger partial charge in [0, 0.05) is 6.20 Å². The van der Waals surface area contributed by atoms with Crippen molar-refractivity contribution in [3.63, 3.8) is 0 Å². The van der Waals surface area contributed by atoms with Crippen molar-refractivity contribution < 1.29 is 38.0 Å². The van der Waals surface area contributed by atoms with Gasteiger partial charge in [-0.15, -0.1) is 0 Å². The Morgan fingerprint density at radius 3 is 2.77 bits per heavy atom. The summed E-state index contributed by atoms with van der Waals surface area (Å²) in [5.41, 5.74) is -1.34. The summed E-state index contributed by atoms with van der Waals surface area (Å²) < 4.78 is 43.5. The van der Waals surface area contributed by atoms with Crippen LogP contribution in [0.1, 0.15) is 16.6 Å². The zero-order chi connectivity index (χ0) is 22.3. The molecule has 1 amide bonds. The number of ether oxygens (including phenoxy) is 3. The summed E-state index contributed by atoms with van der Waals surface area (Å²) in [7, 11) is 0. The van der Waals surface area contributed by atoms with Crippen LogP contribution in [0.15, 0.2) is 29.2 Å². The normalized spacial score (nSPS) is 27.2. The Hall–Kier alpha value is -2.36. The number of alkyl halides is 2. The Morgan fingerprint density at radius 2 is 2.10 bits per heavy atom. The third-order valence-electron chi connectivity index (χ3n) is 4.78. The number of hydrogen-bond acceptors (Lipinski definition) is 8. The standard InChI is InChI=1S/C18H16F2IN3O7/c19-12-8(1-2-9-13(12)30-6-5-29-9)15(27)22-11-3-4-24(17(28)23-11)16-18(20,21)14(26)10(7-25)31-16/h1-4,10,14,16,25-26H,5-7H2,(H,22,23,27,28)/t10-,14-,16?,18?/m1/s1. The van der Waals surface area contributed by atoms with Crippen molar-refractivity contribution in [1.82, 2.24) is 9.55 Å². The number of carbonyl (C=O) groups excluding carboxylic acids is 1. The second kappa shape index (κ2) is 8.29. The van der Waals surface area contributed by atoms with E-state index >= 15 is 0 Å². The summed E-state index contributed by atoms with van der Waals surface area (Å²) in [6.07, 6.45) is -3.35. The molecule has 4 rings (SSSR count). The van der Waals surface area contributed by atoms with Crippen LogP contribution < -0.4 is 20.5 Å². The van der Waals surface area contributed by atoms with Gasteiger partial charge in [0.2, 0.25) is 3.68 Å². The van der Waals surface area contributed by atoms with Crippen molar-refractivity contribution in [1.29, 1.82) is 0 Å². The van der Waals surface area contributed by atoms with E-state index in [2.05, 4.69) is 10.3 Å². The van der Waals surface area contributed by atoms with Gasteiger partial charge in [-0.2, -0.15) is 4.98 Å². The second-order valence-electron chi connectivity index (χ2n) is 6.74. The molecule has 0 spiro atoms. The van der Waals surface area contributed by atoms with Gasteiger partial charge in [-0.05, 0) is 40.8 Å². The van der Waals surface area contributed by atoms with E-state index in [0.717, 1.165) is 10.8 Å². The first-order chi connectivity index (χ1) is 14.7. The number of amides is 1. The average Bonchev–Trinajstić information content (AvgIpc) is 2.97. The van der Waals surface area contributed by atoms with Gasteiger partial charge in [-0.25, -0.2) is 13.6 Å². The number of benzene rings is 1. The van der Waals surface area contributed by atoms with E-state index < -0.39 is 46.1 Å². The van der Waals surface area contributed by atoms with Crippen LogP contribution in [0, 0.1) is 5.82 Å². The van der Waals surface area contributed by atoms with Gasteiger partial charge in [0.1, 0.15) is 31.2 Å². The van der Waals surface area contributed by atoms with Gasteiger partial charge in [0.25, 0.3) is 5.91 Å². The van der Waals surface area contributed by atoms with Crippen LogP contribution in [0.25, 0.3) is 0 Å². The summed E-state index contributed by atoms with van der Waals surface area (Å²) >= 11 is 1.30. The van der Waals surface area contributed by atoms with E-state index in [1.807, 2.05) is 0 Å². The van der Waals surface area contributed by atoms with Crippen molar-refractivity contribution in [3.05, 3.63) is 46.3 Å². The van der Waals surface area contributed by atoms with Gasteiger partial charge in [0.15, 0.2) is 23.5 Å². The van der Waals surface area contributed by atoms with Gasteiger partial charge >= 0.3 is 5.69 Å². The summed E-state index contributed by atoms with van der Waals surface area (Å²) in [4.78, 5) is 28.5. The minimum absolute atomic E-state index is 0.136. The predicted octanol–water partition coefficient (Wildman–Crippen LogP) is 0.757. The summed E-state index contributed by atoms with van der Waals surface area (Å²) in [5.74, 6) is -2.02. The van der Waals surface area contributed by atoms with E-state index in [-0.39, 0.29) is 36.1 Å². The fourth-order valence-electron chi connectivity index (χ4n) is 3.22. The molecular weight excluding hydrogens is 535 g/mol. The predicted molar refractivity (Wildman–Crippen MR) is 109 cm³/mol. The maximum Gasteiger partial charge on any atom is 0.351 e. The van der Waals surface area contributed by atoms with E-state index in [4.69, 9.17) is 14.2 Å². The highest BCUT2D eigenvalue weighted by Gasteiger charge is 2.56. The Kier molecular flexibility index (Phi) is 5.85. The Morgan fingerprint density at radius 1 is 1.35 bits per heavy atom. The molecule has 1 aromatic carbocycles. The maximum atomic E-state index is 14.9. The highest BCUT2D eigenvalue weighted by molar-refractivity contribution is 14.1. The lowest BCUT2D eigenvalue weighted by atomic mass is 10.1. The fraction of sp³-hybridized carbons (Fsp3) is 0.389. The Bertz CT molecular complexity index is 1080.